The Morgan fingerprint density at radius 2 is 1.78 bits per heavy atom. The number of para-hydroxylation sites is 1. The largest absolute Gasteiger partial charge is 0.493 e. The molecule has 0 bridgehead atoms. The average molecular weight is 640 g/mol. The Kier molecular flexibility index (Phi) is 7.96. The van der Waals surface area contributed by atoms with Crippen LogP contribution in [0.25, 0.3) is 6.08 Å². The van der Waals surface area contributed by atoms with E-state index in [1.54, 1.807) is 51.1 Å². The first kappa shape index (κ1) is 28.5. The van der Waals surface area contributed by atoms with Crippen molar-refractivity contribution in [1.82, 2.24) is 4.57 Å². The van der Waals surface area contributed by atoms with Crippen molar-refractivity contribution < 1.29 is 23.8 Å². The lowest BCUT2D eigenvalue weighted by atomic mass is 9.95. The molecule has 2 aromatic carbocycles. The van der Waals surface area contributed by atoms with Crippen LogP contribution >= 0.6 is 27.3 Å². The fourth-order valence-corrected chi connectivity index (χ4v) is 6.45. The molecule has 0 spiro atoms. The molecule has 0 N–H and O–H groups in total. The summed E-state index contributed by atoms with van der Waals surface area (Å²) in [5.74, 6) is -0.667. The number of benzene rings is 2. The minimum absolute atomic E-state index is 0.153. The van der Waals surface area contributed by atoms with Crippen LogP contribution in [0.2, 0.25) is 0 Å². The Morgan fingerprint density at radius 3 is 2.44 bits per heavy atom. The smallest absolute Gasteiger partial charge is 0.338 e. The number of methoxy groups -OCH3 is 2. The quantitative estimate of drug-likeness (QED) is 0.366. The number of nitrogens with zero attached hydrogens (tertiary/aromatic N) is 4. The fraction of sp³-hybridized carbons (Fsp3) is 0.276. The first-order valence-corrected chi connectivity index (χ1v) is 14.4. The molecule has 0 fully saturated rings. The van der Waals surface area contributed by atoms with Crippen LogP contribution in [-0.2, 0) is 14.3 Å². The molecule has 2 atom stereocenters. The summed E-state index contributed by atoms with van der Waals surface area (Å²) in [6, 6.07) is 11.7. The zero-order chi connectivity index (χ0) is 29.4. The van der Waals surface area contributed by atoms with Gasteiger partial charge in [-0.25, -0.2) is 9.79 Å². The van der Waals surface area contributed by atoms with Crippen LogP contribution < -0.4 is 29.4 Å². The molecule has 0 radical (unpaired) electrons. The summed E-state index contributed by atoms with van der Waals surface area (Å²) in [7, 11) is 3.03. The predicted octanol–water partition coefficient (Wildman–Crippen LogP) is 3.57. The molecule has 0 saturated heterocycles. The summed E-state index contributed by atoms with van der Waals surface area (Å²) >= 11 is 4.74. The molecule has 12 heteroatoms. The standard InChI is InChI=1S/C29H27BrN4O6S/c1-6-40-28(37)24-16(3)31-29-33(25(24)19-12-21(38-4)22(39-5)14-20(19)30)27(36)23(41-29)13-18-15(2)32-34(26(18)35)17-10-8-7-9-11-17/h7-14,18,25H,6H2,1-5H3/b23-13+/t18-,25+/m0/s1. The van der Waals surface area contributed by atoms with E-state index in [2.05, 4.69) is 26.0 Å². The van der Waals surface area contributed by atoms with Crippen LogP contribution in [0.3, 0.4) is 0 Å². The van der Waals surface area contributed by atoms with E-state index in [1.807, 2.05) is 18.2 Å². The molecule has 212 valence electrons. The molecular formula is C29H27BrN4O6S. The van der Waals surface area contributed by atoms with Crippen molar-refractivity contribution in [3.05, 3.63) is 83.5 Å². The molecule has 3 heterocycles. The van der Waals surface area contributed by atoms with Gasteiger partial charge in [0.25, 0.3) is 11.5 Å². The highest BCUT2D eigenvalue weighted by molar-refractivity contribution is 9.10. The summed E-state index contributed by atoms with van der Waals surface area (Å²) in [5, 5.41) is 5.79. The Hall–Kier alpha value is -4.03. The molecule has 2 aliphatic heterocycles. The number of thiazole rings is 1. The Labute approximate surface area is 248 Å². The second-order valence-corrected chi connectivity index (χ2v) is 11.1. The van der Waals surface area contributed by atoms with E-state index in [-0.39, 0.29) is 18.1 Å². The van der Waals surface area contributed by atoms with Gasteiger partial charge in [-0.3, -0.25) is 14.2 Å². The maximum atomic E-state index is 14.0. The Morgan fingerprint density at radius 1 is 1.10 bits per heavy atom. The van der Waals surface area contributed by atoms with Crippen LogP contribution in [-0.4, -0.2) is 43.0 Å². The van der Waals surface area contributed by atoms with E-state index < -0.39 is 23.5 Å². The number of aromatic nitrogens is 1. The molecule has 3 aromatic rings. The number of ether oxygens (including phenoxy) is 3. The number of allylic oxidation sites excluding steroid dienone is 1. The third-order valence-electron chi connectivity index (χ3n) is 6.82. The minimum atomic E-state index is -0.878. The van der Waals surface area contributed by atoms with Crippen molar-refractivity contribution >= 4 is 56.6 Å². The molecule has 0 unspecified atom stereocenters. The zero-order valence-corrected chi connectivity index (χ0v) is 25.4. The van der Waals surface area contributed by atoms with E-state index in [0.717, 1.165) is 11.3 Å². The lowest BCUT2D eigenvalue weighted by Crippen LogP contribution is -2.40. The molecule has 5 rings (SSSR count). The molecule has 2 aliphatic rings. The molecule has 10 nitrogen and oxygen atoms in total. The summed E-state index contributed by atoms with van der Waals surface area (Å²) < 4.78 is 18.7. The normalized spacial score (nSPS) is 18.7. The van der Waals surface area contributed by atoms with Gasteiger partial charge in [0.1, 0.15) is 5.92 Å². The van der Waals surface area contributed by atoms with Crippen LogP contribution in [0.5, 0.6) is 11.5 Å². The van der Waals surface area contributed by atoms with Crippen molar-refractivity contribution in [2.75, 3.05) is 25.8 Å². The number of hydrogen-bond donors (Lipinski definition) is 0. The van der Waals surface area contributed by atoms with Gasteiger partial charge in [-0.2, -0.15) is 10.1 Å². The van der Waals surface area contributed by atoms with E-state index in [1.165, 1.54) is 23.8 Å². The molecule has 41 heavy (non-hydrogen) atoms. The first-order valence-electron chi connectivity index (χ1n) is 12.7. The van der Waals surface area contributed by atoms with Crippen molar-refractivity contribution in [3.63, 3.8) is 0 Å². The number of anilines is 1. The van der Waals surface area contributed by atoms with Crippen molar-refractivity contribution in [3.8, 4) is 11.5 Å². The molecule has 1 aromatic heterocycles. The number of hydrazone groups is 1. The highest BCUT2D eigenvalue weighted by Gasteiger charge is 2.37. The molecule has 1 amide bonds. The van der Waals surface area contributed by atoms with Crippen LogP contribution in [0, 0.1) is 5.92 Å². The summed E-state index contributed by atoms with van der Waals surface area (Å²) in [5.41, 5.74) is 2.04. The summed E-state index contributed by atoms with van der Waals surface area (Å²) in [6.07, 6.45) is 1.62. The van der Waals surface area contributed by atoms with E-state index >= 15 is 0 Å². The Bertz CT molecular complexity index is 1790. The van der Waals surface area contributed by atoms with E-state index in [9.17, 15) is 14.4 Å². The number of amides is 1. The number of esters is 1. The topological polar surface area (TPSA) is 112 Å². The third-order valence-corrected chi connectivity index (χ3v) is 8.50. The van der Waals surface area contributed by atoms with Gasteiger partial charge in [-0.1, -0.05) is 45.5 Å². The van der Waals surface area contributed by atoms with Crippen LogP contribution in [0.4, 0.5) is 5.69 Å². The molecule has 0 aliphatic carbocycles. The second kappa shape index (κ2) is 11.5. The highest BCUT2D eigenvalue weighted by atomic mass is 79.9. The van der Waals surface area contributed by atoms with Gasteiger partial charge < -0.3 is 14.2 Å². The van der Waals surface area contributed by atoms with Crippen LogP contribution in [0.1, 0.15) is 32.4 Å². The van der Waals surface area contributed by atoms with Gasteiger partial charge in [0.15, 0.2) is 16.3 Å². The number of carbonyl (C=O) groups is 2. The first-order chi connectivity index (χ1) is 19.7. The number of halogens is 1. The zero-order valence-electron chi connectivity index (χ0n) is 23.0. The molecular weight excluding hydrogens is 612 g/mol. The number of carbonyl (C=O) groups excluding carboxylic acids is 2. The highest BCUT2D eigenvalue weighted by Crippen LogP contribution is 2.40. The van der Waals surface area contributed by atoms with Gasteiger partial charge >= 0.3 is 5.97 Å². The second-order valence-electron chi connectivity index (χ2n) is 9.26. The maximum Gasteiger partial charge on any atom is 0.338 e. The fourth-order valence-electron chi connectivity index (χ4n) is 4.86. The molecule has 0 saturated carbocycles. The van der Waals surface area contributed by atoms with Crippen molar-refractivity contribution in [1.29, 1.82) is 0 Å². The van der Waals surface area contributed by atoms with Crippen molar-refractivity contribution in [2.24, 2.45) is 16.0 Å². The van der Waals surface area contributed by atoms with E-state index in [4.69, 9.17) is 14.2 Å². The van der Waals surface area contributed by atoms with Gasteiger partial charge in [-0.15, -0.1) is 0 Å². The lowest BCUT2D eigenvalue weighted by molar-refractivity contribution is -0.139. The average Bonchev–Trinajstić information content (AvgIpc) is 3.42. The van der Waals surface area contributed by atoms with Gasteiger partial charge in [0.05, 0.1) is 54.1 Å². The van der Waals surface area contributed by atoms with Crippen LogP contribution in [0.15, 0.2) is 73.1 Å². The van der Waals surface area contributed by atoms with Gasteiger partial charge in [0, 0.05) is 4.47 Å². The van der Waals surface area contributed by atoms with Gasteiger partial charge in [0.2, 0.25) is 0 Å². The summed E-state index contributed by atoms with van der Waals surface area (Å²) in [6.45, 7) is 5.33. The van der Waals surface area contributed by atoms with Crippen molar-refractivity contribution in [2.45, 2.75) is 26.8 Å². The minimum Gasteiger partial charge on any atom is -0.493 e. The number of rotatable bonds is 7. The third kappa shape index (κ3) is 5.02. The maximum absolute atomic E-state index is 14.0. The monoisotopic (exact) mass is 638 g/mol. The number of fused-ring (bicyclic) bond motifs is 1. The summed E-state index contributed by atoms with van der Waals surface area (Å²) in [4.78, 5) is 45.6. The Balaban J connectivity index is 1.68. The van der Waals surface area contributed by atoms with E-state index in [0.29, 0.717) is 48.0 Å². The SMILES string of the molecule is CCOC(=O)C1=C(C)N=c2s/c(=C/[C@@H]3C(=O)N(c4ccccc4)N=C3C)c(=O)n2[C@@H]1c1cc(OC)c(OC)cc1Br. The number of hydrogen-bond acceptors (Lipinski definition) is 9. The lowest BCUT2D eigenvalue weighted by Gasteiger charge is -2.26. The van der Waals surface area contributed by atoms with Gasteiger partial charge in [-0.05, 0) is 56.7 Å². The predicted molar refractivity (Wildman–Crippen MR) is 159 cm³/mol.